The SMILES string of the molecule is CC(C)(C)OC(=O)C(N)[C@]1(C(C(=O)O)C(C)(C)C)C[C@@H]2CC=C[C@@]21C. The Labute approximate surface area is 151 Å². The summed E-state index contributed by atoms with van der Waals surface area (Å²) in [5.74, 6) is -1.81. The molecule has 0 amide bonds. The number of carbonyl (C=O) groups is 2. The van der Waals surface area contributed by atoms with Gasteiger partial charge in [-0.25, -0.2) is 0 Å². The van der Waals surface area contributed by atoms with E-state index in [0.717, 1.165) is 6.42 Å². The summed E-state index contributed by atoms with van der Waals surface area (Å²) in [6.07, 6.45) is 5.71. The smallest absolute Gasteiger partial charge is 0.324 e. The number of carbonyl (C=O) groups excluding carboxylic acids is 1. The summed E-state index contributed by atoms with van der Waals surface area (Å²) in [5.41, 5.74) is 4.02. The first-order valence-electron chi connectivity index (χ1n) is 9.06. The van der Waals surface area contributed by atoms with Crippen molar-refractivity contribution in [1.29, 1.82) is 0 Å². The number of hydrogen-bond acceptors (Lipinski definition) is 4. The van der Waals surface area contributed by atoms with Crippen LogP contribution in [0.1, 0.15) is 61.3 Å². The molecule has 5 atom stereocenters. The molecule has 0 bridgehead atoms. The highest BCUT2D eigenvalue weighted by Gasteiger charge is 2.72. The van der Waals surface area contributed by atoms with E-state index in [1.165, 1.54) is 0 Å². The minimum absolute atomic E-state index is 0.338. The second-order valence-electron chi connectivity index (χ2n) is 10.0. The molecule has 142 valence electrons. The van der Waals surface area contributed by atoms with Crippen molar-refractivity contribution in [3.8, 4) is 0 Å². The van der Waals surface area contributed by atoms with E-state index in [1.54, 1.807) is 20.8 Å². The Kier molecular flexibility index (Phi) is 4.66. The lowest BCUT2D eigenvalue weighted by Crippen LogP contribution is -2.71. The van der Waals surface area contributed by atoms with Crippen LogP contribution < -0.4 is 5.73 Å². The van der Waals surface area contributed by atoms with Crippen LogP contribution in [-0.4, -0.2) is 28.7 Å². The lowest BCUT2D eigenvalue weighted by atomic mass is 9.37. The summed E-state index contributed by atoms with van der Waals surface area (Å²) < 4.78 is 5.54. The van der Waals surface area contributed by atoms with Gasteiger partial charge < -0.3 is 15.6 Å². The number of aliphatic carboxylic acids is 1. The normalized spacial score (nSPS) is 34.0. The van der Waals surface area contributed by atoms with Crippen LogP contribution in [0.25, 0.3) is 0 Å². The van der Waals surface area contributed by atoms with Crippen LogP contribution in [0.5, 0.6) is 0 Å². The zero-order chi connectivity index (χ0) is 19.4. The second kappa shape index (κ2) is 5.83. The Bertz CT molecular complexity index is 598. The molecule has 0 aromatic rings. The van der Waals surface area contributed by atoms with Crippen molar-refractivity contribution in [1.82, 2.24) is 0 Å². The van der Waals surface area contributed by atoms with Gasteiger partial charge in [0.2, 0.25) is 0 Å². The maximum atomic E-state index is 12.8. The Morgan fingerprint density at radius 2 is 1.80 bits per heavy atom. The number of ether oxygens (including phenoxy) is 1. The van der Waals surface area contributed by atoms with Crippen molar-refractivity contribution < 1.29 is 19.4 Å². The van der Waals surface area contributed by atoms with Crippen LogP contribution in [0.4, 0.5) is 0 Å². The molecule has 0 spiro atoms. The van der Waals surface area contributed by atoms with Gasteiger partial charge in [-0.05, 0) is 50.4 Å². The summed E-state index contributed by atoms with van der Waals surface area (Å²) in [4.78, 5) is 25.1. The summed E-state index contributed by atoms with van der Waals surface area (Å²) in [6, 6.07) is -0.976. The lowest BCUT2D eigenvalue weighted by molar-refractivity contribution is -0.205. The zero-order valence-electron chi connectivity index (χ0n) is 16.6. The van der Waals surface area contributed by atoms with Crippen LogP contribution in [0.3, 0.4) is 0 Å². The Balaban J connectivity index is 2.54. The van der Waals surface area contributed by atoms with Gasteiger partial charge in [0.15, 0.2) is 0 Å². The maximum Gasteiger partial charge on any atom is 0.324 e. The van der Waals surface area contributed by atoms with Crippen molar-refractivity contribution in [3.05, 3.63) is 12.2 Å². The van der Waals surface area contributed by atoms with Crippen LogP contribution in [0.2, 0.25) is 0 Å². The number of rotatable bonds is 4. The highest BCUT2D eigenvalue weighted by atomic mass is 16.6. The number of carboxylic acid groups (broad SMARTS) is 1. The van der Waals surface area contributed by atoms with Crippen LogP contribution in [0, 0.1) is 28.1 Å². The predicted octanol–water partition coefficient (Wildman–Crippen LogP) is 3.37. The molecule has 2 unspecified atom stereocenters. The lowest BCUT2D eigenvalue weighted by Gasteiger charge is -2.66. The molecule has 0 heterocycles. The molecule has 2 rings (SSSR count). The zero-order valence-corrected chi connectivity index (χ0v) is 16.6. The van der Waals surface area contributed by atoms with E-state index in [9.17, 15) is 14.7 Å². The Morgan fingerprint density at radius 1 is 1.24 bits per heavy atom. The van der Waals surface area contributed by atoms with Gasteiger partial charge in [0.1, 0.15) is 11.6 Å². The van der Waals surface area contributed by atoms with Gasteiger partial charge in [0.05, 0.1) is 5.92 Å². The molecular formula is C20H33NO4. The van der Waals surface area contributed by atoms with Gasteiger partial charge in [0.25, 0.3) is 0 Å². The quantitative estimate of drug-likeness (QED) is 0.599. The van der Waals surface area contributed by atoms with E-state index >= 15 is 0 Å². The van der Waals surface area contributed by atoms with Crippen molar-refractivity contribution >= 4 is 11.9 Å². The van der Waals surface area contributed by atoms with E-state index in [-0.39, 0.29) is 0 Å². The summed E-state index contributed by atoms with van der Waals surface area (Å²) >= 11 is 0. The molecule has 0 saturated heterocycles. The fraction of sp³-hybridized carbons (Fsp3) is 0.800. The van der Waals surface area contributed by atoms with Crippen molar-refractivity contribution in [2.24, 2.45) is 33.8 Å². The molecular weight excluding hydrogens is 318 g/mol. The molecule has 5 heteroatoms. The standard InChI is InChI=1S/C20H33NO4/c1-17(2,3)13(15(22)23)20(11-12-9-8-10-19(12,20)7)14(21)16(24)25-18(4,5)6/h8,10,12-14H,9,11,21H2,1-7H3,(H,22,23)/t12-,13?,14?,19-,20+/m0/s1. The summed E-state index contributed by atoms with van der Waals surface area (Å²) in [7, 11) is 0. The molecule has 0 radical (unpaired) electrons. The average molecular weight is 351 g/mol. The second-order valence-corrected chi connectivity index (χ2v) is 10.0. The Hall–Kier alpha value is -1.36. The first-order valence-corrected chi connectivity index (χ1v) is 9.06. The molecule has 1 saturated carbocycles. The van der Waals surface area contributed by atoms with Gasteiger partial charge in [-0.3, -0.25) is 9.59 Å². The fourth-order valence-electron chi connectivity index (χ4n) is 5.19. The third-order valence-electron chi connectivity index (χ3n) is 6.16. The van der Waals surface area contributed by atoms with Gasteiger partial charge >= 0.3 is 11.9 Å². The highest BCUT2D eigenvalue weighted by Crippen LogP contribution is 2.71. The molecule has 1 fully saturated rings. The monoisotopic (exact) mass is 351 g/mol. The first-order chi connectivity index (χ1) is 11.2. The number of hydrogen-bond donors (Lipinski definition) is 2. The molecule has 2 aliphatic carbocycles. The molecule has 0 aromatic heterocycles. The van der Waals surface area contributed by atoms with Crippen LogP contribution in [0.15, 0.2) is 12.2 Å². The minimum atomic E-state index is -0.976. The summed E-state index contributed by atoms with van der Waals surface area (Å²) in [6.45, 7) is 13.2. The maximum absolute atomic E-state index is 12.8. The van der Waals surface area contributed by atoms with Crippen LogP contribution in [-0.2, 0) is 14.3 Å². The molecule has 0 aliphatic heterocycles. The average Bonchev–Trinajstić information content (AvgIpc) is 2.68. The van der Waals surface area contributed by atoms with Crippen molar-refractivity contribution in [3.63, 3.8) is 0 Å². The van der Waals surface area contributed by atoms with Crippen molar-refractivity contribution in [2.75, 3.05) is 0 Å². The molecule has 2 aliphatic rings. The van der Waals surface area contributed by atoms with Gasteiger partial charge in [-0.2, -0.15) is 0 Å². The first kappa shape index (κ1) is 20.0. The number of allylic oxidation sites excluding steroid dienone is 2. The van der Waals surface area contributed by atoms with E-state index in [4.69, 9.17) is 10.5 Å². The Morgan fingerprint density at radius 3 is 2.20 bits per heavy atom. The number of carboxylic acids is 1. The highest BCUT2D eigenvalue weighted by molar-refractivity contribution is 5.81. The van der Waals surface area contributed by atoms with Crippen molar-refractivity contribution in [2.45, 2.75) is 73.0 Å². The van der Waals surface area contributed by atoms with E-state index in [1.807, 2.05) is 20.8 Å². The third kappa shape index (κ3) is 3.01. The number of nitrogens with two attached hydrogens (primary N) is 1. The topological polar surface area (TPSA) is 89.6 Å². The fourth-order valence-corrected chi connectivity index (χ4v) is 5.19. The predicted molar refractivity (Wildman–Crippen MR) is 96.8 cm³/mol. The molecule has 25 heavy (non-hydrogen) atoms. The van der Waals surface area contributed by atoms with E-state index in [0.29, 0.717) is 12.3 Å². The largest absolute Gasteiger partial charge is 0.481 e. The molecule has 0 aromatic carbocycles. The number of fused-ring (bicyclic) bond motifs is 1. The van der Waals surface area contributed by atoms with E-state index in [2.05, 4.69) is 19.1 Å². The third-order valence-corrected chi connectivity index (χ3v) is 6.16. The van der Waals surface area contributed by atoms with Crippen LogP contribution >= 0.6 is 0 Å². The number of esters is 1. The van der Waals surface area contributed by atoms with Gasteiger partial charge in [0, 0.05) is 5.41 Å². The summed E-state index contributed by atoms with van der Waals surface area (Å²) in [5, 5.41) is 10.1. The van der Waals surface area contributed by atoms with E-state index < -0.39 is 45.7 Å². The minimum Gasteiger partial charge on any atom is -0.481 e. The van der Waals surface area contributed by atoms with Gasteiger partial charge in [-0.1, -0.05) is 39.8 Å². The molecule has 3 N–H and O–H groups in total. The molecule has 5 nitrogen and oxygen atoms in total. The van der Waals surface area contributed by atoms with Gasteiger partial charge in [-0.15, -0.1) is 0 Å².